The molecule has 94 valence electrons. The first-order valence-corrected chi connectivity index (χ1v) is 5.23. The number of benzene rings is 1. The van der Waals surface area contributed by atoms with Crippen LogP contribution in [0.2, 0.25) is 0 Å². The van der Waals surface area contributed by atoms with Crippen LogP contribution in [0.1, 0.15) is 21.6 Å². The van der Waals surface area contributed by atoms with Gasteiger partial charge in [-0.15, -0.1) is 0 Å². The molecule has 0 aliphatic heterocycles. The van der Waals surface area contributed by atoms with Gasteiger partial charge in [0.05, 0.1) is 6.54 Å². The van der Waals surface area contributed by atoms with Gasteiger partial charge in [0.1, 0.15) is 5.82 Å². The fraction of sp³-hybridized carbons (Fsp3) is 0.167. The summed E-state index contributed by atoms with van der Waals surface area (Å²) in [5.41, 5.74) is 0.259. The molecule has 1 aromatic heterocycles. The predicted octanol–water partition coefficient (Wildman–Crippen LogP) is 1.78. The van der Waals surface area contributed by atoms with E-state index in [-0.39, 0.29) is 23.7 Å². The Morgan fingerprint density at radius 1 is 1.44 bits per heavy atom. The van der Waals surface area contributed by atoms with Crippen molar-refractivity contribution in [2.24, 2.45) is 0 Å². The molecule has 0 amide bonds. The van der Waals surface area contributed by atoms with Gasteiger partial charge in [-0.1, -0.05) is 18.2 Å². The normalized spacial score (nSPS) is 10.6. The highest BCUT2D eigenvalue weighted by Crippen LogP contribution is 2.21. The number of hydrogen-bond acceptors (Lipinski definition) is 3. The Morgan fingerprint density at radius 3 is 2.67 bits per heavy atom. The van der Waals surface area contributed by atoms with Crippen LogP contribution in [-0.4, -0.2) is 26.0 Å². The van der Waals surface area contributed by atoms with Crippen LogP contribution in [0.25, 0.3) is 0 Å². The van der Waals surface area contributed by atoms with E-state index in [1.807, 2.05) is 0 Å². The lowest BCUT2D eigenvalue weighted by molar-refractivity contribution is 0.0688. The Hall–Kier alpha value is -2.37. The predicted molar refractivity (Wildman–Crippen MR) is 61.1 cm³/mol. The van der Waals surface area contributed by atoms with Crippen LogP contribution >= 0.6 is 0 Å². The Kier molecular flexibility index (Phi) is 3.01. The summed E-state index contributed by atoms with van der Waals surface area (Å²) >= 11 is 0. The number of aromatic hydroxyl groups is 1. The lowest BCUT2D eigenvalue weighted by Crippen LogP contribution is -2.05. The van der Waals surface area contributed by atoms with Crippen LogP contribution in [-0.2, 0) is 6.54 Å². The molecule has 2 N–H and O–H groups in total. The van der Waals surface area contributed by atoms with Gasteiger partial charge in [-0.25, -0.2) is 13.9 Å². The van der Waals surface area contributed by atoms with Crippen molar-refractivity contribution >= 4 is 5.97 Å². The molecule has 2 rings (SSSR count). The molecule has 6 heteroatoms. The van der Waals surface area contributed by atoms with Gasteiger partial charge in [0, 0.05) is 11.1 Å². The summed E-state index contributed by atoms with van der Waals surface area (Å²) in [5.74, 6) is -1.92. The fourth-order valence-electron chi connectivity index (χ4n) is 1.64. The second-order valence-corrected chi connectivity index (χ2v) is 3.85. The molecule has 1 aromatic carbocycles. The lowest BCUT2D eigenvalue weighted by atomic mass is 10.2. The number of hydrogen-bond donors (Lipinski definition) is 2. The van der Waals surface area contributed by atoms with Crippen molar-refractivity contribution in [3.8, 4) is 5.88 Å². The zero-order valence-corrected chi connectivity index (χ0v) is 9.59. The van der Waals surface area contributed by atoms with Crippen LogP contribution in [0.15, 0.2) is 24.3 Å². The molecule has 0 atom stereocenters. The van der Waals surface area contributed by atoms with Crippen molar-refractivity contribution in [3.63, 3.8) is 0 Å². The maximum Gasteiger partial charge on any atom is 0.356 e. The molecule has 1 heterocycles. The minimum absolute atomic E-state index is 0.0212. The topological polar surface area (TPSA) is 75.3 Å². The summed E-state index contributed by atoms with van der Waals surface area (Å²) in [6.45, 7) is 1.43. The number of halogens is 1. The van der Waals surface area contributed by atoms with Gasteiger partial charge >= 0.3 is 5.97 Å². The van der Waals surface area contributed by atoms with Crippen molar-refractivity contribution in [1.82, 2.24) is 9.78 Å². The summed E-state index contributed by atoms with van der Waals surface area (Å²) in [6, 6.07) is 6.05. The molecule has 0 aliphatic rings. The largest absolute Gasteiger partial charge is 0.493 e. The Bertz CT molecular complexity index is 607. The first kappa shape index (κ1) is 12.1. The number of nitrogens with zero attached hydrogens (tertiary/aromatic N) is 2. The number of aromatic carboxylic acids is 1. The monoisotopic (exact) mass is 250 g/mol. The van der Waals surface area contributed by atoms with E-state index in [1.165, 1.54) is 13.0 Å². The molecule has 0 spiro atoms. The van der Waals surface area contributed by atoms with E-state index in [2.05, 4.69) is 5.10 Å². The molecule has 5 nitrogen and oxygen atoms in total. The summed E-state index contributed by atoms with van der Waals surface area (Å²) in [6.07, 6.45) is 0. The summed E-state index contributed by atoms with van der Waals surface area (Å²) < 4.78 is 14.5. The smallest absolute Gasteiger partial charge is 0.356 e. The summed E-state index contributed by atoms with van der Waals surface area (Å²) in [4.78, 5) is 10.8. The molecule has 0 saturated heterocycles. The van der Waals surface area contributed by atoms with Gasteiger partial charge in [0.15, 0.2) is 5.69 Å². The third kappa shape index (κ3) is 2.04. The molecule has 0 radical (unpaired) electrons. The highest BCUT2D eigenvalue weighted by Gasteiger charge is 2.19. The van der Waals surface area contributed by atoms with E-state index in [4.69, 9.17) is 5.11 Å². The quantitative estimate of drug-likeness (QED) is 0.870. The van der Waals surface area contributed by atoms with Crippen LogP contribution in [0.3, 0.4) is 0 Å². The minimum atomic E-state index is -1.23. The molecular weight excluding hydrogens is 239 g/mol. The number of rotatable bonds is 3. The molecule has 0 bridgehead atoms. The van der Waals surface area contributed by atoms with Gasteiger partial charge in [0.25, 0.3) is 0 Å². The van der Waals surface area contributed by atoms with E-state index in [0.29, 0.717) is 5.56 Å². The first-order chi connectivity index (χ1) is 8.50. The van der Waals surface area contributed by atoms with Crippen molar-refractivity contribution < 1.29 is 19.4 Å². The SMILES string of the molecule is Cc1c(C(=O)O)nn(Cc2ccccc2F)c1O. The zero-order chi connectivity index (χ0) is 13.3. The minimum Gasteiger partial charge on any atom is -0.493 e. The maximum absolute atomic E-state index is 13.4. The van der Waals surface area contributed by atoms with Crippen LogP contribution in [0.4, 0.5) is 4.39 Å². The maximum atomic E-state index is 13.4. The average Bonchev–Trinajstić information content (AvgIpc) is 2.60. The Morgan fingerprint density at radius 2 is 2.11 bits per heavy atom. The Balaban J connectivity index is 2.39. The third-order valence-electron chi connectivity index (χ3n) is 2.64. The number of carboxylic acid groups (broad SMARTS) is 1. The summed E-state index contributed by atoms with van der Waals surface area (Å²) in [7, 11) is 0. The van der Waals surface area contributed by atoms with Crippen molar-refractivity contribution in [3.05, 3.63) is 46.9 Å². The molecule has 18 heavy (non-hydrogen) atoms. The number of carbonyl (C=O) groups is 1. The molecule has 0 saturated carbocycles. The van der Waals surface area contributed by atoms with Crippen LogP contribution in [0, 0.1) is 12.7 Å². The molecular formula is C12H11FN2O3. The lowest BCUT2D eigenvalue weighted by Gasteiger charge is -2.04. The van der Waals surface area contributed by atoms with Crippen molar-refractivity contribution in [2.45, 2.75) is 13.5 Å². The van der Waals surface area contributed by atoms with Gasteiger partial charge in [-0.3, -0.25) is 0 Å². The molecule has 2 aromatic rings. The van der Waals surface area contributed by atoms with Gasteiger partial charge in [-0.05, 0) is 13.0 Å². The zero-order valence-electron chi connectivity index (χ0n) is 9.59. The highest BCUT2D eigenvalue weighted by molar-refractivity contribution is 5.87. The van der Waals surface area contributed by atoms with E-state index in [1.54, 1.807) is 18.2 Å². The number of carboxylic acids is 1. The average molecular weight is 250 g/mol. The van der Waals surface area contributed by atoms with Crippen LogP contribution < -0.4 is 0 Å². The van der Waals surface area contributed by atoms with Gasteiger partial charge in [0.2, 0.25) is 5.88 Å². The van der Waals surface area contributed by atoms with Gasteiger partial charge < -0.3 is 10.2 Å². The second-order valence-electron chi connectivity index (χ2n) is 3.85. The molecule has 0 unspecified atom stereocenters. The third-order valence-corrected chi connectivity index (χ3v) is 2.64. The molecule has 0 fully saturated rings. The highest BCUT2D eigenvalue weighted by atomic mass is 19.1. The molecule has 0 aliphatic carbocycles. The van der Waals surface area contributed by atoms with E-state index >= 15 is 0 Å². The standard InChI is InChI=1S/C12H11FN2O3/c1-7-10(12(17)18)14-15(11(7)16)6-8-4-2-3-5-9(8)13/h2-5,16H,6H2,1H3,(H,17,18). The van der Waals surface area contributed by atoms with Gasteiger partial charge in [-0.2, -0.15) is 5.10 Å². The van der Waals surface area contributed by atoms with Crippen molar-refractivity contribution in [2.75, 3.05) is 0 Å². The fourth-order valence-corrected chi connectivity index (χ4v) is 1.64. The van der Waals surface area contributed by atoms with E-state index in [0.717, 1.165) is 4.68 Å². The van der Waals surface area contributed by atoms with E-state index in [9.17, 15) is 14.3 Å². The summed E-state index contributed by atoms with van der Waals surface area (Å²) in [5, 5.41) is 22.3. The van der Waals surface area contributed by atoms with E-state index < -0.39 is 11.8 Å². The Labute approximate surface area is 102 Å². The van der Waals surface area contributed by atoms with Crippen molar-refractivity contribution in [1.29, 1.82) is 0 Å². The van der Waals surface area contributed by atoms with Crippen LogP contribution in [0.5, 0.6) is 5.88 Å². The first-order valence-electron chi connectivity index (χ1n) is 5.23. The second kappa shape index (κ2) is 4.48. The number of aromatic nitrogens is 2.